The second-order valence-electron chi connectivity index (χ2n) is 8.97. The van der Waals surface area contributed by atoms with E-state index in [1.165, 1.54) is 13.8 Å². The van der Waals surface area contributed by atoms with Crippen LogP contribution in [0.1, 0.15) is 53.4 Å². The van der Waals surface area contributed by atoms with Crippen LogP contribution in [0.15, 0.2) is 0 Å². The van der Waals surface area contributed by atoms with Gasteiger partial charge < -0.3 is 0 Å². The van der Waals surface area contributed by atoms with E-state index >= 15 is 0 Å². The smallest absolute Gasteiger partial charge is 0.240 e. The van der Waals surface area contributed by atoms with Gasteiger partial charge in [0.15, 0.2) is 6.17 Å². The van der Waals surface area contributed by atoms with Gasteiger partial charge >= 0.3 is 41.7 Å². The van der Waals surface area contributed by atoms with Crippen molar-refractivity contribution in [1.82, 2.24) is 0 Å². The number of halogens is 16. The van der Waals surface area contributed by atoms with Gasteiger partial charge in [0.05, 0.1) is 6.42 Å². The summed E-state index contributed by atoms with van der Waals surface area (Å²) in [5.41, 5.74) is -1.98. The van der Waals surface area contributed by atoms with Crippen LogP contribution < -0.4 is 0 Å². The van der Waals surface area contributed by atoms with E-state index in [4.69, 9.17) is 0 Å². The molecule has 0 aliphatic rings. The molecule has 0 aromatic heterocycles. The van der Waals surface area contributed by atoms with Gasteiger partial charge in [0.1, 0.15) is 0 Å². The number of hydrogen-bond donors (Lipinski definition) is 0. The second-order valence-corrected chi connectivity index (χ2v) is 8.97. The third-order valence-electron chi connectivity index (χ3n) is 5.16. The molecule has 0 radical (unpaired) electrons. The Morgan fingerprint density at radius 1 is 0.588 bits per heavy atom. The van der Waals surface area contributed by atoms with Gasteiger partial charge in [0, 0.05) is 6.42 Å². The molecule has 0 nitrogen and oxygen atoms in total. The van der Waals surface area contributed by atoms with Crippen LogP contribution in [-0.4, -0.2) is 47.9 Å². The molecule has 2 atom stereocenters. The van der Waals surface area contributed by atoms with E-state index in [0.717, 1.165) is 13.8 Å². The first-order valence-corrected chi connectivity index (χ1v) is 9.52. The highest BCUT2D eigenvalue weighted by Gasteiger charge is 2.90. The molecule has 0 amide bonds. The van der Waals surface area contributed by atoms with Crippen LogP contribution in [0.25, 0.3) is 0 Å². The molecule has 2 unspecified atom stereocenters. The molecule has 0 rings (SSSR count). The predicted octanol–water partition coefficient (Wildman–Crippen LogP) is 8.94. The highest BCUT2D eigenvalue weighted by Crippen LogP contribution is 2.62. The summed E-state index contributed by atoms with van der Waals surface area (Å²) in [5.74, 6) is -45.4. The van der Waals surface area contributed by atoms with Crippen molar-refractivity contribution in [3.05, 3.63) is 0 Å². The zero-order valence-electron chi connectivity index (χ0n) is 18.0. The molecule has 0 spiro atoms. The van der Waals surface area contributed by atoms with Crippen LogP contribution in [-0.2, 0) is 0 Å². The van der Waals surface area contributed by atoms with E-state index in [1.807, 2.05) is 0 Å². The lowest BCUT2D eigenvalue weighted by atomic mass is 9.76. The first-order valence-electron chi connectivity index (χ1n) is 9.52. The standard InChI is InChI=1S/C18H22F16/c1-5-9(2)6-11(3,4)8-12(20,21)15(27,28)17(31,32)18(33,34)16(29,30)14(25,26)10(19)7-13(22,23)24/h9-10H,5-8H2,1-4H3. The largest absolute Gasteiger partial charge is 0.392 e. The van der Waals surface area contributed by atoms with E-state index in [2.05, 4.69) is 0 Å². The van der Waals surface area contributed by atoms with Crippen LogP contribution in [0.4, 0.5) is 70.2 Å². The summed E-state index contributed by atoms with van der Waals surface area (Å²) in [7, 11) is 0. The Balaban J connectivity index is 6.38. The molecule has 0 N–H and O–H groups in total. The lowest BCUT2D eigenvalue weighted by Gasteiger charge is -2.43. The van der Waals surface area contributed by atoms with Gasteiger partial charge in [-0.15, -0.1) is 0 Å². The molecule has 34 heavy (non-hydrogen) atoms. The fraction of sp³-hybridized carbons (Fsp3) is 1.00. The van der Waals surface area contributed by atoms with Gasteiger partial charge in [-0.25, -0.2) is 4.39 Å². The SMILES string of the molecule is CCC(C)CC(C)(C)CC(F)(F)C(F)(F)C(F)(F)C(F)(F)C(F)(F)C(F)(F)C(F)CC(F)(F)F. The third kappa shape index (κ3) is 5.98. The molecule has 16 heteroatoms. The van der Waals surface area contributed by atoms with E-state index < -0.39 is 72.1 Å². The Bertz CT molecular complexity index is 676. The molecule has 0 heterocycles. The highest BCUT2D eigenvalue weighted by molar-refractivity contribution is 5.13. The third-order valence-corrected chi connectivity index (χ3v) is 5.16. The molecule has 0 aromatic rings. The molecular formula is C18H22F16. The first kappa shape index (κ1) is 32.9. The van der Waals surface area contributed by atoms with Crippen molar-refractivity contribution in [2.45, 2.75) is 101 Å². The second kappa shape index (κ2) is 9.40. The average Bonchev–Trinajstić information content (AvgIpc) is 2.57. The fourth-order valence-corrected chi connectivity index (χ4v) is 3.23. The lowest BCUT2D eigenvalue weighted by molar-refractivity contribution is -0.431. The molecule has 0 aliphatic heterocycles. The number of alkyl halides is 16. The minimum Gasteiger partial charge on any atom is -0.240 e. The van der Waals surface area contributed by atoms with Gasteiger partial charge in [0.25, 0.3) is 0 Å². The van der Waals surface area contributed by atoms with Crippen LogP contribution >= 0.6 is 0 Å². The van der Waals surface area contributed by atoms with Crippen LogP contribution in [0, 0.1) is 11.3 Å². The Labute approximate surface area is 184 Å². The van der Waals surface area contributed by atoms with Crippen molar-refractivity contribution in [3.63, 3.8) is 0 Å². The minimum absolute atomic E-state index is 0.281. The Morgan fingerprint density at radius 2 is 0.971 bits per heavy atom. The van der Waals surface area contributed by atoms with E-state index in [0.29, 0.717) is 0 Å². The zero-order chi connectivity index (χ0) is 28.0. The average molecular weight is 542 g/mol. The monoisotopic (exact) mass is 542 g/mol. The van der Waals surface area contributed by atoms with Crippen molar-refractivity contribution >= 4 is 0 Å². The predicted molar refractivity (Wildman–Crippen MR) is 87.7 cm³/mol. The van der Waals surface area contributed by atoms with Crippen LogP contribution in [0.2, 0.25) is 0 Å². The molecule has 0 saturated carbocycles. The summed E-state index contributed by atoms with van der Waals surface area (Å²) in [4.78, 5) is 0. The summed E-state index contributed by atoms with van der Waals surface area (Å²) in [6, 6.07) is 0. The van der Waals surface area contributed by atoms with Crippen molar-refractivity contribution in [3.8, 4) is 0 Å². The summed E-state index contributed by atoms with van der Waals surface area (Å²) in [6.07, 6.45) is -17.2. The van der Waals surface area contributed by atoms with Crippen molar-refractivity contribution in [1.29, 1.82) is 0 Å². The fourth-order valence-electron chi connectivity index (χ4n) is 3.23. The maximum atomic E-state index is 14.1. The van der Waals surface area contributed by atoms with Gasteiger partial charge in [-0.05, 0) is 17.8 Å². The highest BCUT2D eigenvalue weighted by atomic mass is 19.4. The van der Waals surface area contributed by atoms with Crippen molar-refractivity contribution in [2.75, 3.05) is 0 Å². The van der Waals surface area contributed by atoms with E-state index in [-0.39, 0.29) is 12.8 Å². The Hall–Kier alpha value is -1.12. The molecule has 0 aromatic carbocycles. The quantitative estimate of drug-likeness (QED) is 0.216. The molecule has 0 fully saturated rings. The maximum Gasteiger partial charge on any atom is 0.392 e. The summed E-state index contributed by atoms with van der Waals surface area (Å²) < 4.78 is 215. The van der Waals surface area contributed by atoms with E-state index in [9.17, 15) is 70.2 Å². The Morgan fingerprint density at radius 3 is 1.32 bits per heavy atom. The van der Waals surface area contributed by atoms with Gasteiger partial charge in [-0.1, -0.05) is 34.1 Å². The Kier molecular flexibility index (Phi) is 9.09. The van der Waals surface area contributed by atoms with Crippen LogP contribution in [0.5, 0.6) is 0 Å². The van der Waals surface area contributed by atoms with Gasteiger partial charge in [-0.3, -0.25) is 0 Å². The first-order chi connectivity index (χ1) is 14.5. The maximum absolute atomic E-state index is 14.1. The number of rotatable bonds is 12. The van der Waals surface area contributed by atoms with Gasteiger partial charge in [0.2, 0.25) is 0 Å². The molecule has 0 bridgehead atoms. The molecular weight excluding hydrogens is 520 g/mol. The summed E-state index contributed by atoms with van der Waals surface area (Å²) in [5, 5.41) is 0. The minimum atomic E-state index is -8.12. The summed E-state index contributed by atoms with van der Waals surface area (Å²) >= 11 is 0. The number of hydrogen-bond acceptors (Lipinski definition) is 0. The van der Waals surface area contributed by atoms with Crippen LogP contribution in [0.3, 0.4) is 0 Å². The van der Waals surface area contributed by atoms with Crippen molar-refractivity contribution < 1.29 is 70.2 Å². The summed E-state index contributed by atoms with van der Waals surface area (Å²) in [6.45, 7) is 4.64. The normalized spacial score (nSPS) is 17.6. The molecule has 206 valence electrons. The van der Waals surface area contributed by atoms with Crippen molar-refractivity contribution in [2.24, 2.45) is 11.3 Å². The molecule has 0 aliphatic carbocycles. The zero-order valence-corrected chi connectivity index (χ0v) is 18.0. The topological polar surface area (TPSA) is 0 Å². The van der Waals surface area contributed by atoms with E-state index in [1.54, 1.807) is 0 Å². The van der Waals surface area contributed by atoms with Gasteiger partial charge in [-0.2, -0.15) is 65.9 Å². The molecule has 0 saturated heterocycles. The lowest BCUT2D eigenvalue weighted by Crippen LogP contribution is -2.72.